The quantitative estimate of drug-likeness (QED) is 0.885. The number of likely N-dealkylation sites (N-methyl/N-ethyl adjacent to an activating group) is 1. The van der Waals surface area contributed by atoms with Gasteiger partial charge in [0.2, 0.25) is 5.91 Å². The van der Waals surface area contributed by atoms with Crippen LogP contribution >= 0.6 is 0 Å². The summed E-state index contributed by atoms with van der Waals surface area (Å²) >= 11 is 0. The third-order valence-electron chi connectivity index (χ3n) is 3.46. The Bertz CT molecular complexity index is 650. The van der Waals surface area contributed by atoms with E-state index in [2.05, 4.69) is 5.32 Å². The van der Waals surface area contributed by atoms with Crippen molar-refractivity contribution in [3.05, 3.63) is 54.0 Å². The first-order valence-electron chi connectivity index (χ1n) is 7.22. The van der Waals surface area contributed by atoms with E-state index in [1.54, 1.807) is 32.0 Å². The SMILES string of the molecule is COc1ccc(CN(C)C(=O)C(C)NC(=O)c2ccoc2)cc1. The number of rotatable bonds is 6. The van der Waals surface area contributed by atoms with Gasteiger partial charge in [0.05, 0.1) is 18.9 Å². The molecule has 0 bridgehead atoms. The van der Waals surface area contributed by atoms with Gasteiger partial charge in [-0.1, -0.05) is 12.1 Å². The van der Waals surface area contributed by atoms with Crippen molar-refractivity contribution in [2.75, 3.05) is 14.2 Å². The van der Waals surface area contributed by atoms with E-state index in [9.17, 15) is 9.59 Å². The maximum absolute atomic E-state index is 12.3. The lowest BCUT2D eigenvalue weighted by Gasteiger charge is -2.22. The number of hydrogen-bond donors (Lipinski definition) is 1. The predicted molar refractivity (Wildman–Crippen MR) is 85.1 cm³/mol. The van der Waals surface area contributed by atoms with Crippen molar-refractivity contribution >= 4 is 11.8 Å². The summed E-state index contributed by atoms with van der Waals surface area (Å²) in [6.07, 6.45) is 2.75. The number of carbonyl (C=O) groups excluding carboxylic acids is 2. The third kappa shape index (κ3) is 4.35. The number of nitrogens with one attached hydrogen (secondary N) is 1. The molecule has 1 aromatic heterocycles. The molecule has 2 rings (SSSR count). The van der Waals surface area contributed by atoms with Gasteiger partial charge in [-0.2, -0.15) is 0 Å². The molecule has 122 valence electrons. The highest BCUT2D eigenvalue weighted by atomic mass is 16.5. The van der Waals surface area contributed by atoms with Crippen LogP contribution in [0.3, 0.4) is 0 Å². The van der Waals surface area contributed by atoms with E-state index in [1.807, 2.05) is 24.3 Å². The second kappa shape index (κ2) is 7.49. The Kier molecular flexibility index (Phi) is 5.41. The molecule has 1 atom stereocenters. The second-order valence-electron chi connectivity index (χ2n) is 5.25. The molecule has 0 fully saturated rings. The van der Waals surface area contributed by atoms with Crippen LogP contribution in [0.2, 0.25) is 0 Å². The maximum atomic E-state index is 12.3. The van der Waals surface area contributed by atoms with E-state index in [4.69, 9.17) is 9.15 Å². The first kappa shape index (κ1) is 16.6. The molecule has 0 aliphatic heterocycles. The molecule has 6 nitrogen and oxygen atoms in total. The summed E-state index contributed by atoms with van der Waals surface area (Å²) in [5.41, 5.74) is 1.37. The summed E-state index contributed by atoms with van der Waals surface area (Å²) in [6.45, 7) is 2.11. The molecule has 2 aromatic rings. The summed E-state index contributed by atoms with van der Waals surface area (Å²) in [4.78, 5) is 25.8. The third-order valence-corrected chi connectivity index (χ3v) is 3.46. The summed E-state index contributed by atoms with van der Waals surface area (Å²) in [5, 5.41) is 2.66. The smallest absolute Gasteiger partial charge is 0.255 e. The number of methoxy groups -OCH3 is 1. The number of hydrogen-bond acceptors (Lipinski definition) is 4. The Morgan fingerprint density at radius 1 is 1.26 bits per heavy atom. The van der Waals surface area contributed by atoms with Crippen LogP contribution in [0, 0.1) is 0 Å². The Morgan fingerprint density at radius 2 is 1.96 bits per heavy atom. The number of ether oxygens (including phenoxy) is 1. The zero-order chi connectivity index (χ0) is 16.8. The molecular weight excluding hydrogens is 296 g/mol. The van der Waals surface area contributed by atoms with Crippen molar-refractivity contribution in [3.8, 4) is 5.75 Å². The zero-order valence-corrected chi connectivity index (χ0v) is 13.4. The van der Waals surface area contributed by atoms with Gasteiger partial charge in [0, 0.05) is 13.6 Å². The van der Waals surface area contributed by atoms with Crippen LogP contribution < -0.4 is 10.1 Å². The average Bonchev–Trinajstić information content (AvgIpc) is 3.09. The molecule has 0 radical (unpaired) electrons. The molecule has 0 aliphatic carbocycles. The molecule has 1 unspecified atom stereocenters. The zero-order valence-electron chi connectivity index (χ0n) is 13.4. The van der Waals surface area contributed by atoms with Crippen LogP contribution in [-0.4, -0.2) is 36.9 Å². The molecule has 1 N–H and O–H groups in total. The summed E-state index contributed by atoms with van der Waals surface area (Å²) in [5.74, 6) is 0.263. The summed E-state index contributed by atoms with van der Waals surface area (Å²) < 4.78 is 9.96. The highest BCUT2D eigenvalue weighted by molar-refractivity contribution is 5.97. The van der Waals surface area contributed by atoms with Gasteiger partial charge in [0.25, 0.3) is 5.91 Å². The van der Waals surface area contributed by atoms with Crippen molar-refractivity contribution < 1.29 is 18.7 Å². The van der Waals surface area contributed by atoms with Gasteiger partial charge in [0.15, 0.2) is 0 Å². The molecular formula is C17H20N2O4. The van der Waals surface area contributed by atoms with Crippen LogP contribution in [0.5, 0.6) is 5.75 Å². The summed E-state index contributed by atoms with van der Waals surface area (Å²) in [6, 6.07) is 8.42. The van der Waals surface area contributed by atoms with Crippen LogP contribution in [-0.2, 0) is 11.3 Å². The Morgan fingerprint density at radius 3 is 2.52 bits per heavy atom. The molecule has 2 amide bonds. The van der Waals surface area contributed by atoms with Gasteiger partial charge < -0.3 is 19.4 Å². The topological polar surface area (TPSA) is 71.8 Å². The molecule has 0 saturated carbocycles. The lowest BCUT2D eigenvalue weighted by atomic mass is 10.2. The fourth-order valence-corrected chi connectivity index (χ4v) is 2.15. The fraction of sp³-hybridized carbons (Fsp3) is 0.294. The first-order chi connectivity index (χ1) is 11.0. The second-order valence-corrected chi connectivity index (χ2v) is 5.25. The lowest BCUT2D eigenvalue weighted by molar-refractivity contribution is -0.132. The Balaban J connectivity index is 1.91. The fourth-order valence-electron chi connectivity index (χ4n) is 2.15. The summed E-state index contributed by atoms with van der Waals surface area (Å²) in [7, 11) is 3.31. The number of nitrogens with zero attached hydrogens (tertiary/aromatic N) is 1. The molecule has 0 aliphatic rings. The van der Waals surface area contributed by atoms with Crippen LogP contribution in [0.15, 0.2) is 47.3 Å². The molecule has 23 heavy (non-hydrogen) atoms. The van der Waals surface area contributed by atoms with Crippen LogP contribution in [0.1, 0.15) is 22.8 Å². The molecule has 1 aromatic carbocycles. The van der Waals surface area contributed by atoms with Crippen molar-refractivity contribution in [3.63, 3.8) is 0 Å². The van der Waals surface area contributed by atoms with Crippen molar-refractivity contribution in [1.29, 1.82) is 0 Å². The van der Waals surface area contributed by atoms with Gasteiger partial charge >= 0.3 is 0 Å². The minimum absolute atomic E-state index is 0.169. The average molecular weight is 316 g/mol. The molecule has 0 saturated heterocycles. The van der Waals surface area contributed by atoms with E-state index < -0.39 is 6.04 Å². The standard InChI is InChI=1S/C17H20N2O4/c1-12(18-16(20)14-8-9-23-11-14)17(21)19(2)10-13-4-6-15(22-3)7-5-13/h4-9,11-12H,10H2,1-3H3,(H,18,20). The highest BCUT2D eigenvalue weighted by Gasteiger charge is 2.20. The van der Waals surface area contributed by atoms with Gasteiger partial charge in [0.1, 0.15) is 18.1 Å². The molecule has 1 heterocycles. The molecule has 0 spiro atoms. The maximum Gasteiger partial charge on any atom is 0.255 e. The van der Waals surface area contributed by atoms with Gasteiger partial charge in [-0.3, -0.25) is 9.59 Å². The normalized spacial score (nSPS) is 11.6. The van der Waals surface area contributed by atoms with E-state index in [-0.39, 0.29) is 11.8 Å². The number of amides is 2. The van der Waals surface area contributed by atoms with Crippen molar-refractivity contribution in [2.24, 2.45) is 0 Å². The number of carbonyl (C=O) groups is 2. The van der Waals surface area contributed by atoms with E-state index in [0.29, 0.717) is 12.1 Å². The minimum Gasteiger partial charge on any atom is -0.497 e. The van der Waals surface area contributed by atoms with Crippen LogP contribution in [0.25, 0.3) is 0 Å². The monoisotopic (exact) mass is 316 g/mol. The van der Waals surface area contributed by atoms with Gasteiger partial charge in [-0.25, -0.2) is 0 Å². The van der Waals surface area contributed by atoms with Crippen molar-refractivity contribution in [1.82, 2.24) is 10.2 Å². The number of furan rings is 1. The van der Waals surface area contributed by atoms with E-state index in [0.717, 1.165) is 11.3 Å². The van der Waals surface area contributed by atoms with Crippen LogP contribution in [0.4, 0.5) is 0 Å². The lowest BCUT2D eigenvalue weighted by Crippen LogP contribution is -2.45. The van der Waals surface area contributed by atoms with E-state index in [1.165, 1.54) is 12.5 Å². The number of benzene rings is 1. The van der Waals surface area contributed by atoms with Gasteiger partial charge in [-0.05, 0) is 30.7 Å². The predicted octanol–water partition coefficient (Wildman–Crippen LogP) is 2.07. The first-order valence-corrected chi connectivity index (χ1v) is 7.22. The van der Waals surface area contributed by atoms with Crippen molar-refractivity contribution in [2.45, 2.75) is 19.5 Å². The van der Waals surface area contributed by atoms with E-state index >= 15 is 0 Å². The molecule has 6 heteroatoms. The highest BCUT2D eigenvalue weighted by Crippen LogP contribution is 2.13. The largest absolute Gasteiger partial charge is 0.497 e. The Hall–Kier alpha value is -2.76. The Labute approximate surface area is 135 Å². The van der Waals surface area contributed by atoms with Gasteiger partial charge in [-0.15, -0.1) is 0 Å². The minimum atomic E-state index is -0.624.